The summed E-state index contributed by atoms with van der Waals surface area (Å²) in [5.74, 6) is 0. The van der Waals surface area contributed by atoms with Crippen LogP contribution in [0.25, 0.3) is 0 Å². The van der Waals surface area contributed by atoms with Crippen molar-refractivity contribution in [3.05, 3.63) is 97.2 Å². The summed E-state index contributed by atoms with van der Waals surface area (Å²) >= 11 is 5.55. The second-order valence-electron chi connectivity index (χ2n) is 23.1. The van der Waals surface area contributed by atoms with E-state index in [4.69, 9.17) is 16.3 Å². The predicted molar refractivity (Wildman–Crippen MR) is 358 cm³/mol. The average Bonchev–Trinajstić information content (AvgIpc) is 3.44. The molecule has 1 N–H and O–H groups in total. The van der Waals surface area contributed by atoms with Crippen LogP contribution in [0.5, 0.6) is 0 Å². The van der Waals surface area contributed by atoms with Crippen LogP contribution in [0.4, 0.5) is 4.79 Å². The molecule has 0 fully saturated rings. The Morgan fingerprint density at radius 1 is 0.291 bits per heavy atom. The third-order valence-corrected chi connectivity index (χ3v) is 15.3. The topological polar surface area (TPSA) is 46.5 Å². The standard InChI is InChI=1S/C38H67ClO2.C37H68O/c1-3-5-7-9-11-13-15-17-19-21-23-25-27-29-31-33-35-37(41-38(39)40)36-34-32-30-28-26-24-22-20-18-16-14-12-10-8-6-4-2;1-3-5-7-9-11-13-15-17-19-21-23-25-27-29-31-33-35-37(38)36-34-32-30-28-26-24-22-20-18-16-14-12-10-8-6-4-2/h11-14,17-20,37H,3-10,15-16,21-36H2,1-2H3;11-14,17-20,37-38H,3-10,15-16,21-36H2,1-2H3/b2*13-11-,14-12-,19-17-,20-18-. The molecule has 0 heterocycles. The fourth-order valence-corrected chi connectivity index (χ4v) is 10.1. The number of carbonyl (C=O) groups is 1. The zero-order valence-corrected chi connectivity index (χ0v) is 54.1. The van der Waals surface area contributed by atoms with Crippen LogP contribution in [0.3, 0.4) is 0 Å². The van der Waals surface area contributed by atoms with Crippen LogP contribution in [-0.2, 0) is 4.74 Å². The molecule has 0 bridgehead atoms. The first-order valence-corrected chi connectivity index (χ1v) is 35.1. The Bertz CT molecular complexity index is 1300. The lowest BCUT2D eigenvalue weighted by atomic mass is 10.0. The minimum absolute atomic E-state index is 0.00309. The monoisotopic (exact) mass is 1120 g/mol. The first-order valence-electron chi connectivity index (χ1n) is 34.8. The van der Waals surface area contributed by atoms with Crippen molar-refractivity contribution >= 4 is 17.0 Å². The van der Waals surface area contributed by atoms with Gasteiger partial charge in [0.15, 0.2) is 0 Å². The van der Waals surface area contributed by atoms with E-state index in [0.29, 0.717) is 0 Å². The summed E-state index contributed by atoms with van der Waals surface area (Å²) in [4.78, 5) is 11.3. The van der Waals surface area contributed by atoms with Crippen LogP contribution in [0.15, 0.2) is 97.2 Å². The molecule has 0 aliphatic carbocycles. The minimum Gasteiger partial charge on any atom is -0.450 e. The molecular formula is C75H135ClO3. The second kappa shape index (κ2) is 73.7. The Balaban J connectivity index is 0. The van der Waals surface area contributed by atoms with Crippen LogP contribution in [0.2, 0.25) is 0 Å². The van der Waals surface area contributed by atoms with Crippen LogP contribution < -0.4 is 0 Å². The van der Waals surface area contributed by atoms with Crippen molar-refractivity contribution in [2.24, 2.45) is 0 Å². The first kappa shape index (κ1) is 78.7. The number of aliphatic hydroxyl groups excluding tert-OH is 1. The van der Waals surface area contributed by atoms with Gasteiger partial charge < -0.3 is 9.84 Å². The Morgan fingerprint density at radius 2 is 0.481 bits per heavy atom. The van der Waals surface area contributed by atoms with E-state index in [0.717, 1.165) is 64.2 Å². The van der Waals surface area contributed by atoms with Crippen molar-refractivity contribution in [3.63, 3.8) is 0 Å². The predicted octanol–water partition coefficient (Wildman–Crippen LogP) is 26.9. The van der Waals surface area contributed by atoms with Gasteiger partial charge in [0.25, 0.3) is 0 Å². The van der Waals surface area contributed by atoms with E-state index in [1.54, 1.807) is 0 Å². The zero-order chi connectivity index (χ0) is 57.5. The fraction of sp³-hybridized carbons (Fsp3) is 0.773. The van der Waals surface area contributed by atoms with E-state index in [9.17, 15) is 9.90 Å². The molecule has 0 spiro atoms. The molecule has 0 aliphatic rings. The van der Waals surface area contributed by atoms with Gasteiger partial charge in [0.2, 0.25) is 0 Å². The smallest absolute Gasteiger partial charge is 0.404 e. The summed E-state index contributed by atoms with van der Waals surface area (Å²) < 4.78 is 5.40. The first-order chi connectivity index (χ1) is 39.0. The summed E-state index contributed by atoms with van der Waals surface area (Å²) in [5.41, 5.74) is -0.643. The van der Waals surface area contributed by atoms with Gasteiger partial charge in [0.1, 0.15) is 6.10 Å². The summed E-state index contributed by atoms with van der Waals surface area (Å²) in [7, 11) is 0. The Kier molecular flexibility index (Phi) is 73.4. The molecule has 0 radical (unpaired) electrons. The Labute approximate surface area is 500 Å². The van der Waals surface area contributed by atoms with Gasteiger partial charge in [-0.2, -0.15) is 0 Å². The highest BCUT2D eigenvalue weighted by molar-refractivity contribution is 6.61. The van der Waals surface area contributed by atoms with Crippen molar-refractivity contribution in [2.45, 2.75) is 374 Å². The molecule has 0 unspecified atom stereocenters. The van der Waals surface area contributed by atoms with Crippen molar-refractivity contribution in [2.75, 3.05) is 0 Å². The summed E-state index contributed by atoms with van der Waals surface area (Å²) in [5, 5.41) is 10.3. The normalized spacial score (nSPS) is 12.4. The molecule has 3 nitrogen and oxygen atoms in total. The third kappa shape index (κ3) is 75.6. The number of hydrogen-bond acceptors (Lipinski definition) is 3. The van der Waals surface area contributed by atoms with Gasteiger partial charge in [-0.15, -0.1) is 0 Å². The Morgan fingerprint density at radius 3 is 0.696 bits per heavy atom. The van der Waals surface area contributed by atoms with Crippen molar-refractivity contribution in [3.8, 4) is 0 Å². The van der Waals surface area contributed by atoms with Crippen molar-refractivity contribution in [1.29, 1.82) is 0 Å². The highest BCUT2D eigenvalue weighted by Crippen LogP contribution is 2.19. The van der Waals surface area contributed by atoms with Crippen LogP contribution >= 0.6 is 11.6 Å². The largest absolute Gasteiger partial charge is 0.450 e. The van der Waals surface area contributed by atoms with Gasteiger partial charge in [0.05, 0.1) is 6.10 Å². The summed E-state index contributed by atoms with van der Waals surface area (Å²) in [6.45, 7) is 9.03. The lowest BCUT2D eigenvalue weighted by molar-refractivity contribution is 0.106. The van der Waals surface area contributed by atoms with E-state index in [1.807, 2.05) is 0 Å². The van der Waals surface area contributed by atoms with Crippen LogP contribution in [0.1, 0.15) is 362 Å². The molecule has 0 saturated carbocycles. The van der Waals surface area contributed by atoms with Gasteiger partial charge in [-0.3, -0.25) is 0 Å². The number of allylic oxidation sites excluding steroid dienone is 16. The summed E-state index contributed by atoms with van der Waals surface area (Å²) in [6.07, 6.45) is 102. The van der Waals surface area contributed by atoms with E-state index in [1.165, 1.54) is 270 Å². The number of aliphatic hydroxyl groups is 1. The average molecular weight is 1120 g/mol. The van der Waals surface area contributed by atoms with Crippen LogP contribution in [-0.4, -0.2) is 22.7 Å². The SMILES string of the molecule is CCCCC/C=C\C/C=C\CCCCCCCCC(CCCCCCCC/C=C\C/C=C\CCCCC)OC(=O)Cl.CCCCC/C=C\C/C=C\CCCCCCCCC(O)CCCCCCCC/C=C\C/C=C\CCCCC. The highest BCUT2D eigenvalue weighted by Gasteiger charge is 2.12. The molecule has 0 saturated heterocycles. The molecule has 4 heteroatoms. The van der Waals surface area contributed by atoms with Gasteiger partial charge in [-0.25, -0.2) is 4.79 Å². The van der Waals surface area contributed by atoms with E-state index in [-0.39, 0.29) is 12.2 Å². The Hall–Kier alpha value is -2.36. The lowest BCUT2D eigenvalue weighted by Crippen LogP contribution is -2.14. The number of rotatable bonds is 61. The van der Waals surface area contributed by atoms with E-state index >= 15 is 0 Å². The van der Waals surface area contributed by atoms with Crippen molar-refractivity contribution in [1.82, 2.24) is 0 Å². The highest BCUT2D eigenvalue weighted by atomic mass is 35.5. The van der Waals surface area contributed by atoms with Crippen molar-refractivity contribution < 1.29 is 14.6 Å². The quantitative estimate of drug-likeness (QED) is 0.0375. The molecule has 79 heavy (non-hydrogen) atoms. The third-order valence-electron chi connectivity index (χ3n) is 15.2. The number of halogens is 1. The number of unbranched alkanes of at least 4 members (excludes halogenated alkanes) is 36. The molecule has 460 valence electrons. The van der Waals surface area contributed by atoms with E-state index in [2.05, 4.69) is 125 Å². The molecule has 0 amide bonds. The molecule has 0 aromatic carbocycles. The van der Waals surface area contributed by atoms with Gasteiger partial charge in [0, 0.05) is 11.6 Å². The number of ether oxygens (including phenoxy) is 1. The molecule has 0 atom stereocenters. The lowest BCUT2D eigenvalue weighted by Gasteiger charge is -2.16. The maximum Gasteiger partial charge on any atom is 0.404 e. The number of hydrogen-bond donors (Lipinski definition) is 1. The molecule has 0 rings (SSSR count). The summed E-state index contributed by atoms with van der Waals surface area (Å²) in [6, 6.07) is 0. The maximum absolute atomic E-state index is 11.3. The van der Waals surface area contributed by atoms with Gasteiger partial charge in [-0.05, 0) is 167 Å². The zero-order valence-electron chi connectivity index (χ0n) is 53.3. The van der Waals surface area contributed by atoms with E-state index < -0.39 is 5.43 Å². The molecule has 0 aromatic rings. The fourth-order valence-electron chi connectivity index (χ4n) is 9.99. The van der Waals surface area contributed by atoms with Gasteiger partial charge >= 0.3 is 5.43 Å². The van der Waals surface area contributed by atoms with Crippen LogP contribution in [0, 0.1) is 0 Å². The maximum atomic E-state index is 11.3. The molecular weight excluding hydrogens is 984 g/mol. The molecule has 0 aliphatic heterocycles. The van der Waals surface area contributed by atoms with Gasteiger partial charge in [-0.1, -0.05) is 292 Å². The minimum atomic E-state index is -0.643. The number of carbonyl (C=O) groups excluding carboxylic acids is 1. The molecule has 0 aromatic heterocycles. The second-order valence-corrected chi connectivity index (χ2v) is 23.4.